The van der Waals surface area contributed by atoms with E-state index in [1.54, 1.807) is 0 Å². The van der Waals surface area contributed by atoms with Crippen LogP contribution in [0.1, 0.15) is 51.9 Å². The number of nitrogens with one attached hydrogen (secondary N) is 1. The fraction of sp³-hybridized carbons (Fsp3) is 0.824. The van der Waals surface area contributed by atoms with Crippen molar-refractivity contribution >= 4 is 5.91 Å². The predicted octanol–water partition coefficient (Wildman–Crippen LogP) is 2.42. The van der Waals surface area contributed by atoms with Crippen LogP contribution >= 0.6 is 0 Å². The second-order valence-corrected chi connectivity index (χ2v) is 6.15. The van der Waals surface area contributed by atoms with Crippen LogP contribution in [0.15, 0.2) is 0 Å². The summed E-state index contributed by atoms with van der Waals surface area (Å²) in [5.41, 5.74) is 0. The molecule has 2 rings (SSSR count). The Labute approximate surface area is 123 Å². The van der Waals surface area contributed by atoms with Crippen LogP contribution in [0.2, 0.25) is 0 Å². The Bertz CT molecular complexity index is 355. The highest BCUT2D eigenvalue weighted by molar-refractivity contribution is 5.78. The largest absolute Gasteiger partial charge is 0.356 e. The van der Waals surface area contributed by atoms with E-state index in [1.807, 2.05) is 0 Å². The van der Waals surface area contributed by atoms with Crippen molar-refractivity contribution in [2.24, 2.45) is 11.8 Å². The Morgan fingerprint density at radius 1 is 1.15 bits per heavy atom. The van der Waals surface area contributed by atoms with Gasteiger partial charge in [-0.3, -0.25) is 9.69 Å². The minimum Gasteiger partial charge on any atom is -0.356 e. The van der Waals surface area contributed by atoms with Gasteiger partial charge < -0.3 is 5.32 Å². The SMILES string of the molecule is CCC#CCN1CCC(CNC(=O)C2CCCC2)CC1. The Morgan fingerprint density at radius 3 is 2.50 bits per heavy atom. The summed E-state index contributed by atoms with van der Waals surface area (Å²) in [6.45, 7) is 6.13. The first-order valence-electron chi connectivity index (χ1n) is 8.25. The summed E-state index contributed by atoms with van der Waals surface area (Å²) in [7, 11) is 0. The minimum atomic E-state index is 0.304. The van der Waals surface area contributed by atoms with Gasteiger partial charge in [0.05, 0.1) is 6.54 Å². The smallest absolute Gasteiger partial charge is 0.223 e. The molecule has 1 aliphatic carbocycles. The van der Waals surface area contributed by atoms with Gasteiger partial charge in [-0.2, -0.15) is 0 Å². The summed E-state index contributed by atoms with van der Waals surface area (Å²) < 4.78 is 0. The Morgan fingerprint density at radius 2 is 1.85 bits per heavy atom. The second kappa shape index (κ2) is 8.32. The molecule has 0 aromatic carbocycles. The van der Waals surface area contributed by atoms with Crippen LogP contribution in [0, 0.1) is 23.7 Å². The van der Waals surface area contributed by atoms with E-state index >= 15 is 0 Å². The molecule has 1 heterocycles. The molecule has 1 amide bonds. The van der Waals surface area contributed by atoms with E-state index < -0.39 is 0 Å². The number of rotatable bonds is 4. The van der Waals surface area contributed by atoms with Gasteiger partial charge in [0.25, 0.3) is 0 Å². The van der Waals surface area contributed by atoms with Crippen LogP contribution in [-0.4, -0.2) is 37.0 Å². The highest BCUT2D eigenvalue weighted by Crippen LogP contribution is 2.25. The number of piperidine rings is 1. The van der Waals surface area contributed by atoms with E-state index in [2.05, 4.69) is 29.0 Å². The first-order valence-corrected chi connectivity index (χ1v) is 8.25. The monoisotopic (exact) mass is 276 g/mol. The average Bonchev–Trinajstić information content (AvgIpc) is 3.01. The van der Waals surface area contributed by atoms with Crippen molar-refractivity contribution in [1.29, 1.82) is 0 Å². The summed E-state index contributed by atoms with van der Waals surface area (Å²) in [5, 5.41) is 3.18. The molecule has 0 radical (unpaired) electrons. The molecule has 1 saturated heterocycles. The molecule has 2 fully saturated rings. The fourth-order valence-electron chi connectivity index (χ4n) is 3.22. The van der Waals surface area contributed by atoms with Gasteiger partial charge >= 0.3 is 0 Å². The molecule has 0 unspecified atom stereocenters. The molecule has 2 aliphatic rings. The van der Waals surface area contributed by atoms with Gasteiger partial charge in [0.2, 0.25) is 5.91 Å². The lowest BCUT2D eigenvalue weighted by molar-refractivity contribution is -0.125. The summed E-state index contributed by atoms with van der Waals surface area (Å²) in [5.74, 6) is 7.61. The van der Waals surface area contributed by atoms with E-state index in [-0.39, 0.29) is 0 Å². The molecular formula is C17H28N2O. The van der Waals surface area contributed by atoms with Crippen LogP contribution in [0.25, 0.3) is 0 Å². The van der Waals surface area contributed by atoms with Crippen molar-refractivity contribution in [2.75, 3.05) is 26.2 Å². The molecular weight excluding hydrogens is 248 g/mol. The third-order valence-electron chi connectivity index (χ3n) is 4.60. The third kappa shape index (κ3) is 4.83. The zero-order valence-electron chi connectivity index (χ0n) is 12.8. The molecule has 1 saturated carbocycles. The quantitative estimate of drug-likeness (QED) is 0.800. The van der Waals surface area contributed by atoms with Gasteiger partial charge in [0.15, 0.2) is 0 Å². The summed E-state index contributed by atoms with van der Waals surface area (Å²) in [6, 6.07) is 0. The molecule has 1 aliphatic heterocycles. The lowest BCUT2D eigenvalue weighted by Gasteiger charge is -2.30. The number of carbonyl (C=O) groups is 1. The Kier molecular flexibility index (Phi) is 6.39. The van der Waals surface area contributed by atoms with Crippen LogP contribution in [0.5, 0.6) is 0 Å². The van der Waals surface area contributed by atoms with Crippen LogP contribution in [-0.2, 0) is 4.79 Å². The fourth-order valence-corrected chi connectivity index (χ4v) is 3.22. The van der Waals surface area contributed by atoms with E-state index in [0.717, 1.165) is 45.4 Å². The number of hydrogen-bond acceptors (Lipinski definition) is 2. The molecule has 1 N–H and O–H groups in total. The maximum absolute atomic E-state index is 12.0. The zero-order valence-corrected chi connectivity index (χ0v) is 12.8. The first-order chi connectivity index (χ1) is 9.79. The van der Waals surface area contributed by atoms with Crippen LogP contribution in [0.3, 0.4) is 0 Å². The van der Waals surface area contributed by atoms with Crippen molar-refractivity contribution in [3.05, 3.63) is 0 Å². The highest BCUT2D eigenvalue weighted by atomic mass is 16.1. The van der Waals surface area contributed by atoms with Gasteiger partial charge in [-0.05, 0) is 44.7 Å². The van der Waals surface area contributed by atoms with Crippen molar-refractivity contribution in [1.82, 2.24) is 10.2 Å². The third-order valence-corrected chi connectivity index (χ3v) is 4.60. The highest BCUT2D eigenvalue weighted by Gasteiger charge is 2.24. The zero-order chi connectivity index (χ0) is 14.2. The van der Waals surface area contributed by atoms with Crippen molar-refractivity contribution < 1.29 is 4.79 Å². The maximum Gasteiger partial charge on any atom is 0.223 e. The van der Waals surface area contributed by atoms with E-state index in [0.29, 0.717) is 17.7 Å². The standard InChI is InChI=1S/C17H28N2O/c1-2-3-6-11-19-12-9-15(10-13-19)14-18-17(20)16-7-4-5-8-16/h15-16H,2,4-5,7-14H2,1H3,(H,18,20). The summed E-state index contributed by atoms with van der Waals surface area (Å²) >= 11 is 0. The van der Waals surface area contributed by atoms with Gasteiger partial charge in [-0.15, -0.1) is 5.92 Å². The lowest BCUT2D eigenvalue weighted by atomic mass is 9.96. The molecule has 20 heavy (non-hydrogen) atoms. The van der Waals surface area contributed by atoms with Crippen LogP contribution in [0.4, 0.5) is 0 Å². The Balaban J connectivity index is 1.60. The minimum absolute atomic E-state index is 0.304. The summed E-state index contributed by atoms with van der Waals surface area (Å²) in [4.78, 5) is 14.4. The first kappa shape index (κ1) is 15.4. The molecule has 0 bridgehead atoms. The van der Waals surface area contributed by atoms with E-state index in [1.165, 1.54) is 25.7 Å². The van der Waals surface area contributed by atoms with Gasteiger partial charge in [0, 0.05) is 18.9 Å². The Hall–Kier alpha value is -1.01. The number of likely N-dealkylation sites (tertiary alicyclic amines) is 1. The van der Waals surface area contributed by atoms with Gasteiger partial charge in [0.1, 0.15) is 0 Å². The van der Waals surface area contributed by atoms with E-state index in [4.69, 9.17) is 0 Å². The van der Waals surface area contributed by atoms with Crippen molar-refractivity contribution in [3.8, 4) is 11.8 Å². The summed E-state index contributed by atoms with van der Waals surface area (Å²) in [6.07, 6.45) is 7.99. The van der Waals surface area contributed by atoms with Gasteiger partial charge in [-0.1, -0.05) is 25.7 Å². The van der Waals surface area contributed by atoms with Crippen molar-refractivity contribution in [2.45, 2.75) is 51.9 Å². The molecule has 0 spiro atoms. The maximum atomic E-state index is 12.0. The molecule has 0 atom stereocenters. The number of hydrogen-bond donors (Lipinski definition) is 1. The predicted molar refractivity (Wildman–Crippen MR) is 82.2 cm³/mol. The molecule has 3 nitrogen and oxygen atoms in total. The van der Waals surface area contributed by atoms with Crippen LogP contribution < -0.4 is 5.32 Å². The lowest BCUT2D eigenvalue weighted by Crippen LogP contribution is -2.40. The van der Waals surface area contributed by atoms with Gasteiger partial charge in [-0.25, -0.2) is 0 Å². The van der Waals surface area contributed by atoms with E-state index in [9.17, 15) is 4.79 Å². The second-order valence-electron chi connectivity index (χ2n) is 6.15. The number of amides is 1. The number of nitrogens with zero attached hydrogens (tertiary/aromatic N) is 1. The average molecular weight is 276 g/mol. The molecule has 112 valence electrons. The number of carbonyl (C=O) groups excluding carboxylic acids is 1. The molecule has 0 aromatic rings. The molecule has 3 heteroatoms. The van der Waals surface area contributed by atoms with Crippen molar-refractivity contribution in [3.63, 3.8) is 0 Å². The molecule has 0 aromatic heterocycles. The normalized spacial score (nSPS) is 21.4. The topological polar surface area (TPSA) is 32.3 Å².